The number of nitrogens with one attached hydrogen (secondary N) is 3. The van der Waals surface area contributed by atoms with E-state index in [0.29, 0.717) is 18.4 Å². The highest BCUT2D eigenvalue weighted by molar-refractivity contribution is 5.98. The SMILES string of the molecule is COc1ccc(C2CNC(N=C3C=CC=C(NC(=O)N4CCN(C5CCN(C)CC5)CC4)C3)NC2)cc1. The molecule has 0 unspecified atom stereocenters. The molecular formula is C28H41N7O2. The zero-order valence-electron chi connectivity index (χ0n) is 22.2. The number of rotatable bonds is 5. The van der Waals surface area contributed by atoms with Gasteiger partial charge in [-0.25, -0.2) is 4.79 Å². The Morgan fingerprint density at radius 1 is 1.03 bits per heavy atom. The fraction of sp³-hybridized carbons (Fsp3) is 0.571. The van der Waals surface area contributed by atoms with Crippen molar-refractivity contribution in [2.75, 3.05) is 66.5 Å². The molecule has 0 saturated carbocycles. The number of likely N-dealkylation sites (tertiary alicyclic amines) is 1. The second-order valence-corrected chi connectivity index (χ2v) is 10.5. The van der Waals surface area contributed by atoms with E-state index in [0.717, 1.165) is 56.4 Å². The molecule has 0 radical (unpaired) electrons. The lowest BCUT2D eigenvalue weighted by Crippen LogP contribution is -2.55. The van der Waals surface area contributed by atoms with Gasteiger partial charge in [0, 0.05) is 69.1 Å². The van der Waals surface area contributed by atoms with Crippen LogP contribution >= 0.6 is 0 Å². The van der Waals surface area contributed by atoms with Crippen molar-refractivity contribution in [3.8, 4) is 5.75 Å². The van der Waals surface area contributed by atoms with Gasteiger partial charge in [-0.1, -0.05) is 18.2 Å². The minimum atomic E-state index is -0.128. The Morgan fingerprint density at radius 2 is 1.73 bits per heavy atom. The average Bonchev–Trinajstić information content (AvgIpc) is 2.94. The van der Waals surface area contributed by atoms with Gasteiger partial charge in [-0.2, -0.15) is 0 Å². The Morgan fingerprint density at radius 3 is 2.41 bits per heavy atom. The van der Waals surface area contributed by atoms with Crippen LogP contribution in [-0.4, -0.2) is 105 Å². The van der Waals surface area contributed by atoms with E-state index in [1.807, 2.05) is 35.3 Å². The van der Waals surface area contributed by atoms with Crippen LogP contribution in [0, 0.1) is 0 Å². The molecular weight excluding hydrogens is 466 g/mol. The third-order valence-electron chi connectivity index (χ3n) is 8.03. The topological polar surface area (TPSA) is 84.5 Å². The van der Waals surface area contributed by atoms with Crippen LogP contribution in [0.1, 0.15) is 30.7 Å². The molecule has 37 heavy (non-hydrogen) atoms. The van der Waals surface area contributed by atoms with Crippen LogP contribution in [0.25, 0.3) is 0 Å². The number of aliphatic imine (C=N–C) groups is 1. The van der Waals surface area contributed by atoms with Crippen molar-refractivity contribution in [2.24, 2.45) is 4.99 Å². The van der Waals surface area contributed by atoms with E-state index in [1.54, 1.807) is 7.11 Å². The molecule has 1 aromatic rings. The summed E-state index contributed by atoms with van der Waals surface area (Å²) in [7, 11) is 3.89. The largest absolute Gasteiger partial charge is 0.497 e. The lowest BCUT2D eigenvalue weighted by molar-refractivity contribution is 0.0754. The normalized spacial score (nSPS) is 27.2. The second-order valence-electron chi connectivity index (χ2n) is 10.5. The van der Waals surface area contributed by atoms with Gasteiger partial charge in [0.05, 0.1) is 7.11 Å². The van der Waals surface area contributed by atoms with Crippen molar-refractivity contribution >= 4 is 11.7 Å². The molecule has 200 valence electrons. The van der Waals surface area contributed by atoms with Gasteiger partial charge in [-0.05, 0) is 62.8 Å². The molecule has 3 heterocycles. The average molecular weight is 508 g/mol. The first-order chi connectivity index (χ1) is 18.1. The van der Waals surface area contributed by atoms with Crippen LogP contribution in [0.2, 0.25) is 0 Å². The molecule has 0 atom stereocenters. The zero-order chi connectivity index (χ0) is 25.6. The zero-order valence-corrected chi connectivity index (χ0v) is 22.2. The molecule has 3 saturated heterocycles. The Hall–Kier alpha value is -2.72. The lowest BCUT2D eigenvalue weighted by Gasteiger charge is -2.42. The van der Waals surface area contributed by atoms with Crippen molar-refractivity contribution < 1.29 is 9.53 Å². The number of carbonyl (C=O) groups is 1. The number of nitrogens with zero attached hydrogens (tertiary/aromatic N) is 4. The van der Waals surface area contributed by atoms with Crippen molar-refractivity contribution in [1.29, 1.82) is 0 Å². The summed E-state index contributed by atoms with van der Waals surface area (Å²) in [5.41, 5.74) is 3.14. The summed E-state index contributed by atoms with van der Waals surface area (Å²) in [6, 6.07) is 8.92. The Kier molecular flexibility index (Phi) is 8.55. The number of urea groups is 1. The van der Waals surface area contributed by atoms with E-state index in [9.17, 15) is 4.79 Å². The van der Waals surface area contributed by atoms with Gasteiger partial charge in [-0.3, -0.25) is 20.5 Å². The molecule has 1 aliphatic carbocycles. The van der Waals surface area contributed by atoms with Gasteiger partial charge in [-0.15, -0.1) is 0 Å². The number of allylic oxidation sites excluding steroid dienone is 4. The quantitative estimate of drug-likeness (QED) is 0.565. The van der Waals surface area contributed by atoms with Crippen LogP contribution in [-0.2, 0) is 0 Å². The molecule has 9 nitrogen and oxygen atoms in total. The highest BCUT2D eigenvalue weighted by Crippen LogP contribution is 2.21. The van der Waals surface area contributed by atoms with Gasteiger partial charge in [0.15, 0.2) is 6.29 Å². The van der Waals surface area contributed by atoms with Gasteiger partial charge < -0.3 is 19.9 Å². The predicted octanol–water partition coefficient (Wildman–Crippen LogP) is 1.96. The molecule has 3 N–H and O–H groups in total. The molecule has 0 spiro atoms. The van der Waals surface area contributed by atoms with E-state index >= 15 is 0 Å². The summed E-state index contributed by atoms with van der Waals surface area (Å²) in [5.74, 6) is 1.26. The predicted molar refractivity (Wildman–Crippen MR) is 147 cm³/mol. The molecule has 1 aromatic carbocycles. The Bertz CT molecular complexity index is 998. The number of hydrogen-bond donors (Lipinski definition) is 3. The summed E-state index contributed by atoms with van der Waals surface area (Å²) >= 11 is 0. The van der Waals surface area contributed by atoms with Crippen molar-refractivity contribution in [3.05, 3.63) is 53.8 Å². The second kappa shape index (κ2) is 12.2. The number of carbonyl (C=O) groups excluding carboxylic acids is 1. The first-order valence-corrected chi connectivity index (χ1v) is 13.6. The minimum absolute atomic E-state index is 0.000164. The Balaban J connectivity index is 1.06. The van der Waals surface area contributed by atoms with Crippen LogP contribution in [0.15, 0.2) is 53.2 Å². The third-order valence-corrected chi connectivity index (χ3v) is 8.03. The van der Waals surface area contributed by atoms with Crippen LogP contribution in [0.4, 0.5) is 4.79 Å². The summed E-state index contributed by atoms with van der Waals surface area (Å²) in [6.07, 6.45) is 8.94. The number of ether oxygens (including phenoxy) is 1. The molecule has 3 aliphatic heterocycles. The van der Waals surface area contributed by atoms with Crippen molar-refractivity contribution in [1.82, 2.24) is 30.7 Å². The molecule has 3 fully saturated rings. The maximum atomic E-state index is 13.0. The molecule has 9 heteroatoms. The van der Waals surface area contributed by atoms with Crippen LogP contribution < -0.4 is 20.7 Å². The fourth-order valence-electron chi connectivity index (χ4n) is 5.65. The number of methoxy groups -OCH3 is 1. The van der Waals surface area contributed by atoms with Gasteiger partial charge in [0.1, 0.15) is 5.75 Å². The fourth-order valence-corrected chi connectivity index (χ4v) is 5.65. The maximum Gasteiger partial charge on any atom is 0.321 e. The van der Waals surface area contributed by atoms with Gasteiger partial charge in [0.25, 0.3) is 0 Å². The molecule has 0 bridgehead atoms. The lowest BCUT2D eigenvalue weighted by atomic mass is 9.97. The summed E-state index contributed by atoms with van der Waals surface area (Å²) in [6.45, 7) is 7.55. The number of piperazine rings is 1. The van der Waals surface area contributed by atoms with Gasteiger partial charge >= 0.3 is 6.03 Å². The van der Waals surface area contributed by atoms with Crippen LogP contribution in [0.5, 0.6) is 5.75 Å². The third kappa shape index (κ3) is 6.78. The summed E-state index contributed by atoms with van der Waals surface area (Å²) in [5, 5.41) is 10.1. The van der Waals surface area contributed by atoms with E-state index in [4.69, 9.17) is 9.73 Å². The first kappa shape index (κ1) is 25.9. The molecule has 4 aliphatic rings. The summed E-state index contributed by atoms with van der Waals surface area (Å²) in [4.78, 5) is 24.7. The van der Waals surface area contributed by atoms with Crippen LogP contribution in [0.3, 0.4) is 0 Å². The number of benzene rings is 1. The number of hydrogen-bond acceptors (Lipinski definition) is 7. The standard InChI is InChI=1S/C28H41N7O2/c1-33-12-10-25(11-13-33)34-14-16-35(17-15-34)28(36)32-24-5-3-4-23(18-24)31-27-29-19-22(20-30-27)21-6-8-26(37-2)9-7-21/h3-9,22,25,27,29-30H,10-20H2,1-2H3,(H,32,36). The number of amides is 2. The van der Waals surface area contributed by atoms with Crippen molar-refractivity contribution in [3.63, 3.8) is 0 Å². The molecule has 2 amide bonds. The molecule has 0 aromatic heterocycles. The minimum Gasteiger partial charge on any atom is -0.497 e. The monoisotopic (exact) mass is 507 g/mol. The van der Waals surface area contributed by atoms with Crippen molar-refractivity contribution in [2.45, 2.75) is 37.5 Å². The van der Waals surface area contributed by atoms with Gasteiger partial charge in [0.2, 0.25) is 0 Å². The summed E-state index contributed by atoms with van der Waals surface area (Å²) < 4.78 is 5.26. The smallest absolute Gasteiger partial charge is 0.321 e. The Labute approximate surface area is 220 Å². The highest BCUT2D eigenvalue weighted by Gasteiger charge is 2.28. The first-order valence-electron chi connectivity index (χ1n) is 13.6. The highest BCUT2D eigenvalue weighted by atomic mass is 16.5. The van der Waals surface area contributed by atoms with E-state index in [-0.39, 0.29) is 12.3 Å². The van der Waals surface area contributed by atoms with E-state index < -0.39 is 0 Å². The molecule has 5 rings (SSSR count). The van der Waals surface area contributed by atoms with E-state index in [1.165, 1.54) is 31.5 Å². The maximum absolute atomic E-state index is 13.0. The number of piperidine rings is 1. The van der Waals surface area contributed by atoms with E-state index in [2.05, 4.69) is 44.9 Å².